The summed E-state index contributed by atoms with van der Waals surface area (Å²) >= 11 is 0. The van der Waals surface area contributed by atoms with E-state index in [0.29, 0.717) is 12.2 Å². The van der Waals surface area contributed by atoms with Gasteiger partial charge in [-0.1, -0.05) is 25.8 Å². The zero-order valence-electron chi connectivity index (χ0n) is 8.64. The molecule has 0 heterocycles. The molecule has 0 amide bonds. The minimum Gasteiger partial charge on any atom is -0.299 e. The van der Waals surface area contributed by atoms with E-state index in [1.54, 1.807) is 0 Å². The van der Waals surface area contributed by atoms with Crippen molar-refractivity contribution >= 4 is 5.78 Å². The van der Waals surface area contributed by atoms with Crippen LogP contribution in [-0.2, 0) is 4.79 Å². The van der Waals surface area contributed by atoms with Crippen LogP contribution < -0.4 is 0 Å². The Labute approximate surface area is 81.2 Å². The van der Waals surface area contributed by atoms with E-state index in [0.717, 1.165) is 25.7 Å². The molecular weight excluding hydrogens is 160 g/mol. The molecule has 0 radical (unpaired) electrons. The molecule has 0 unspecified atom stereocenters. The summed E-state index contributed by atoms with van der Waals surface area (Å²) in [7, 11) is 0. The molecule has 0 aromatic rings. The highest BCUT2D eigenvalue weighted by Crippen LogP contribution is 2.42. The van der Waals surface area contributed by atoms with Crippen molar-refractivity contribution in [2.24, 2.45) is 5.41 Å². The average molecular weight is 180 g/mol. The third kappa shape index (κ3) is 2.20. The van der Waals surface area contributed by atoms with E-state index in [2.05, 4.69) is 13.5 Å². The van der Waals surface area contributed by atoms with Crippen LogP contribution in [0, 0.1) is 5.41 Å². The zero-order chi connectivity index (χ0) is 9.73. The summed E-state index contributed by atoms with van der Waals surface area (Å²) in [4.78, 5) is 11.9. The van der Waals surface area contributed by atoms with E-state index in [4.69, 9.17) is 0 Å². The van der Waals surface area contributed by atoms with Crippen molar-refractivity contribution in [1.82, 2.24) is 0 Å². The maximum Gasteiger partial charge on any atom is 0.139 e. The SMILES string of the molecule is C=CCCC(=O)C1(CC)CCCC1. The molecule has 1 nitrogen and oxygen atoms in total. The maximum atomic E-state index is 11.9. The lowest BCUT2D eigenvalue weighted by Gasteiger charge is -2.25. The van der Waals surface area contributed by atoms with Gasteiger partial charge >= 0.3 is 0 Å². The molecule has 0 saturated heterocycles. The molecule has 0 N–H and O–H groups in total. The first-order valence-corrected chi connectivity index (χ1v) is 5.39. The van der Waals surface area contributed by atoms with E-state index < -0.39 is 0 Å². The van der Waals surface area contributed by atoms with Gasteiger partial charge in [0.25, 0.3) is 0 Å². The summed E-state index contributed by atoms with van der Waals surface area (Å²) in [6.45, 7) is 5.81. The van der Waals surface area contributed by atoms with Gasteiger partial charge in [0.2, 0.25) is 0 Å². The minimum absolute atomic E-state index is 0.0585. The Kier molecular flexibility index (Phi) is 3.71. The highest BCUT2D eigenvalue weighted by atomic mass is 16.1. The van der Waals surface area contributed by atoms with Crippen LogP contribution in [0.1, 0.15) is 51.9 Å². The Morgan fingerprint density at radius 2 is 2.08 bits per heavy atom. The summed E-state index contributed by atoms with van der Waals surface area (Å²) in [6, 6.07) is 0. The van der Waals surface area contributed by atoms with Crippen molar-refractivity contribution in [3.05, 3.63) is 12.7 Å². The molecule has 0 spiro atoms. The molecular formula is C12H20O. The van der Waals surface area contributed by atoms with Gasteiger partial charge in [-0.05, 0) is 25.7 Å². The van der Waals surface area contributed by atoms with Gasteiger partial charge in [0.05, 0.1) is 0 Å². The summed E-state index contributed by atoms with van der Waals surface area (Å²) in [6.07, 6.45) is 9.16. The Bertz CT molecular complexity index is 187. The normalized spacial score (nSPS) is 20.1. The Hall–Kier alpha value is -0.590. The topological polar surface area (TPSA) is 17.1 Å². The van der Waals surface area contributed by atoms with Crippen LogP contribution in [0.3, 0.4) is 0 Å². The Morgan fingerprint density at radius 3 is 2.54 bits per heavy atom. The lowest BCUT2D eigenvalue weighted by molar-refractivity contribution is -0.128. The van der Waals surface area contributed by atoms with Crippen LogP contribution in [-0.4, -0.2) is 5.78 Å². The van der Waals surface area contributed by atoms with Crippen LogP contribution in [0.25, 0.3) is 0 Å². The molecule has 1 rings (SSSR count). The average Bonchev–Trinajstić information content (AvgIpc) is 2.63. The van der Waals surface area contributed by atoms with Gasteiger partial charge in [0.15, 0.2) is 0 Å². The van der Waals surface area contributed by atoms with Gasteiger partial charge in [0.1, 0.15) is 5.78 Å². The van der Waals surface area contributed by atoms with Gasteiger partial charge in [0, 0.05) is 11.8 Å². The fourth-order valence-corrected chi connectivity index (χ4v) is 2.38. The fourth-order valence-electron chi connectivity index (χ4n) is 2.38. The minimum atomic E-state index is 0.0585. The quantitative estimate of drug-likeness (QED) is 0.592. The predicted molar refractivity (Wildman–Crippen MR) is 55.6 cm³/mol. The number of carbonyl (C=O) groups excluding carboxylic acids is 1. The maximum absolute atomic E-state index is 11.9. The predicted octanol–water partition coefficient (Wildman–Crippen LogP) is 3.49. The second-order valence-corrected chi connectivity index (χ2v) is 4.09. The fraction of sp³-hybridized carbons (Fsp3) is 0.750. The third-order valence-electron chi connectivity index (χ3n) is 3.40. The molecule has 1 aliphatic carbocycles. The molecule has 0 aromatic carbocycles. The van der Waals surface area contributed by atoms with Crippen molar-refractivity contribution in [1.29, 1.82) is 0 Å². The van der Waals surface area contributed by atoms with E-state index in [-0.39, 0.29) is 5.41 Å². The van der Waals surface area contributed by atoms with Crippen LogP contribution in [0.2, 0.25) is 0 Å². The Morgan fingerprint density at radius 1 is 1.46 bits per heavy atom. The largest absolute Gasteiger partial charge is 0.299 e. The number of hydrogen-bond acceptors (Lipinski definition) is 1. The molecule has 1 saturated carbocycles. The zero-order valence-corrected chi connectivity index (χ0v) is 8.64. The molecule has 1 fully saturated rings. The summed E-state index contributed by atoms with van der Waals surface area (Å²) in [5.41, 5.74) is 0.0585. The lowest BCUT2D eigenvalue weighted by atomic mass is 9.77. The number of Topliss-reactive ketones (excluding diaryl/α,β-unsaturated/α-hetero) is 1. The first-order chi connectivity index (χ1) is 6.25. The second kappa shape index (κ2) is 4.59. The van der Waals surface area contributed by atoms with E-state index in [9.17, 15) is 4.79 Å². The van der Waals surface area contributed by atoms with Gasteiger partial charge in [-0.25, -0.2) is 0 Å². The van der Waals surface area contributed by atoms with Crippen LogP contribution in [0.15, 0.2) is 12.7 Å². The van der Waals surface area contributed by atoms with E-state index in [1.807, 2.05) is 6.08 Å². The lowest BCUT2D eigenvalue weighted by Crippen LogP contribution is -2.26. The van der Waals surface area contributed by atoms with Crippen molar-refractivity contribution in [3.63, 3.8) is 0 Å². The molecule has 74 valence electrons. The highest BCUT2D eigenvalue weighted by molar-refractivity contribution is 5.85. The van der Waals surface area contributed by atoms with Crippen LogP contribution >= 0.6 is 0 Å². The molecule has 0 aliphatic heterocycles. The van der Waals surface area contributed by atoms with Gasteiger partial charge < -0.3 is 0 Å². The molecule has 0 aromatic heterocycles. The summed E-state index contributed by atoms with van der Waals surface area (Å²) in [5.74, 6) is 0.479. The van der Waals surface area contributed by atoms with E-state index in [1.165, 1.54) is 12.8 Å². The highest BCUT2D eigenvalue weighted by Gasteiger charge is 2.37. The summed E-state index contributed by atoms with van der Waals surface area (Å²) in [5, 5.41) is 0. The van der Waals surface area contributed by atoms with E-state index >= 15 is 0 Å². The standard InChI is InChI=1S/C12H20O/c1-3-5-8-11(13)12(4-2)9-6-7-10-12/h3H,1,4-10H2,2H3. The first kappa shape index (κ1) is 10.5. The number of carbonyl (C=O) groups is 1. The number of rotatable bonds is 5. The molecule has 13 heavy (non-hydrogen) atoms. The Balaban J connectivity index is 2.54. The first-order valence-electron chi connectivity index (χ1n) is 5.39. The molecule has 1 heteroatoms. The van der Waals surface area contributed by atoms with Crippen molar-refractivity contribution in [2.45, 2.75) is 51.9 Å². The van der Waals surface area contributed by atoms with Crippen LogP contribution in [0.5, 0.6) is 0 Å². The van der Waals surface area contributed by atoms with Gasteiger partial charge in [-0.3, -0.25) is 4.79 Å². The monoisotopic (exact) mass is 180 g/mol. The van der Waals surface area contributed by atoms with Crippen molar-refractivity contribution < 1.29 is 4.79 Å². The molecule has 0 bridgehead atoms. The van der Waals surface area contributed by atoms with Crippen molar-refractivity contribution in [3.8, 4) is 0 Å². The molecule has 0 atom stereocenters. The number of hydrogen-bond donors (Lipinski definition) is 0. The summed E-state index contributed by atoms with van der Waals surface area (Å²) < 4.78 is 0. The van der Waals surface area contributed by atoms with Crippen LogP contribution in [0.4, 0.5) is 0 Å². The van der Waals surface area contributed by atoms with Gasteiger partial charge in [-0.2, -0.15) is 0 Å². The smallest absolute Gasteiger partial charge is 0.139 e. The van der Waals surface area contributed by atoms with Gasteiger partial charge in [-0.15, -0.1) is 6.58 Å². The third-order valence-corrected chi connectivity index (χ3v) is 3.40. The molecule has 1 aliphatic rings. The number of ketones is 1. The van der Waals surface area contributed by atoms with Crippen molar-refractivity contribution in [2.75, 3.05) is 0 Å². The number of allylic oxidation sites excluding steroid dienone is 1. The second-order valence-electron chi connectivity index (χ2n) is 4.09.